The van der Waals surface area contributed by atoms with Crippen molar-refractivity contribution in [1.82, 2.24) is 4.98 Å². The molecule has 1 heterocycles. The summed E-state index contributed by atoms with van der Waals surface area (Å²) in [6.07, 6.45) is 3.01. The molecule has 1 aromatic heterocycles. The summed E-state index contributed by atoms with van der Waals surface area (Å²) >= 11 is 5.75. The highest BCUT2D eigenvalue weighted by atomic mass is 35.5. The fraction of sp³-hybridized carbons (Fsp3) is 0.0833. The summed E-state index contributed by atoms with van der Waals surface area (Å²) in [4.78, 5) is 3.86. The number of pyridine rings is 1. The fourth-order valence-corrected chi connectivity index (χ4v) is 1.48. The number of hydrogen-bond acceptors (Lipinski definition) is 3. The van der Waals surface area contributed by atoms with E-state index in [0.717, 1.165) is 0 Å². The Hall–Kier alpha value is -1.81. The van der Waals surface area contributed by atoms with Crippen molar-refractivity contribution in [2.75, 3.05) is 5.73 Å². The van der Waals surface area contributed by atoms with Crippen molar-refractivity contribution in [3.05, 3.63) is 53.1 Å². The van der Waals surface area contributed by atoms with Crippen molar-refractivity contribution in [3.63, 3.8) is 0 Å². The van der Waals surface area contributed by atoms with E-state index in [1.807, 2.05) is 0 Å². The van der Waals surface area contributed by atoms with Crippen LogP contribution in [0.25, 0.3) is 0 Å². The second kappa shape index (κ2) is 5.01. The van der Waals surface area contributed by atoms with Crippen LogP contribution in [0.1, 0.15) is 5.56 Å². The van der Waals surface area contributed by atoms with E-state index in [-0.39, 0.29) is 12.4 Å². The fourth-order valence-electron chi connectivity index (χ4n) is 1.31. The molecule has 0 aliphatic carbocycles. The van der Waals surface area contributed by atoms with Gasteiger partial charge >= 0.3 is 0 Å². The van der Waals surface area contributed by atoms with Crippen LogP contribution in [0, 0.1) is 5.82 Å². The Morgan fingerprint density at radius 3 is 2.82 bits per heavy atom. The minimum atomic E-state index is -0.389. The van der Waals surface area contributed by atoms with Gasteiger partial charge in [0.2, 0.25) is 0 Å². The zero-order chi connectivity index (χ0) is 12.3. The molecule has 0 atom stereocenters. The van der Waals surface area contributed by atoms with Gasteiger partial charge in [-0.05, 0) is 12.1 Å². The van der Waals surface area contributed by atoms with Crippen LogP contribution in [0.3, 0.4) is 0 Å². The second-order valence-corrected chi connectivity index (χ2v) is 3.91. The van der Waals surface area contributed by atoms with Crippen molar-refractivity contribution in [1.29, 1.82) is 0 Å². The normalized spacial score (nSPS) is 10.2. The molecule has 5 heteroatoms. The van der Waals surface area contributed by atoms with E-state index in [1.54, 1.807) is 18.2 Å². The smallest absolute Gasteiger partial charge is 0.139 e. The van der Waals surface area contributed by atoms with Crippen molar-refractivity contribution in [2.24, 2.45) is 0 Å². The molecule has 0 amide bonds. The predicted octanol–water partition coefficient (Wildman–Crippen LogP) is 3.04. The standard InChI is InChI=1S/C12H10ClFN2O/c13-9-3-11(6-16-5-9)17-7-8-1-2-10(15)4-12(8)14/h1-6H,7,15H2. The van der Waals surface area contributed by atoms with Gasteiger partial charge in [0, 0.05) is 23.5 Å². The van der Waals surface area contributed by atoms with E-state index in [2.05, 4.69) is 4.98 Å². The SMILES string of the molecule is Nc1ccc(COc2cncc(Cl)c2)c(F)c1. The first kappa shape index (κ1) is 11.7. The number of nitrogens with zero attached hydrogens (tertiary/aromatic N) is 1. The molecule has 0 saturated heterocycles. The Kier molecular flexibility index (Phi) is 3.44. The Morgan fingerprint density at radius 1 is 1.29 bits per heavy atom. The molecule has 88 valence electrons. The molecule has 0 bridgehead atoms. The molecule has 2 N–H and O–H groups in total. The van der Waals surface area contributed by atoms with E-state index in [1.165, 1.54) is 18.5 Å². The molecule has 1 aromatic carbocycles. The Morgan fingerprint density at radius 2 is 2.12 bits per heavy atom. The zero-order valence-electron chi connectivity index (χ0n) is 8.86. The van der Waals surface area contributed by atoms with Gasteiger partial charge in [-0.25, -0.2) is 4.39 Å². The Labute approximate surface area is 103 Å². The summed E-state index contributed by atoms with van der Waals surface area (Å²) in [5, 5.41) is 0.472. The maximum absolute atomic E-state index is 13.4. The molecule has 0 saturated carbocycles. The van der Waals surface area contributed by atoms with Crippen LogP contribution in [0.15, 0.2) is 36.7 Å². The first-order chi connectivity index (χ1) is 8.15. The van der Waals surface area contributed by atoms with E-state index in [0.29, 0.717) is 22.0 Å². The topological polar surface area (TPSA) is 48.1 Å². The van der Waals surface area contributed by atoms with E-state index >= 15 is 0 Å². The van der Waals surface area contributed by atoms with Crippen molar-refractivity contribution < 1.29 is 9.13 Å². The molecule has 0 radical (unpaired) electrons. The van der Waals surface area contributed by atoms with Gasteiger partial charge < -0.3 is 10.5 Å². The highest BCUT2D eigenvalue weighted by Crippen LogP contribution is 2.18. The average molecular weight is 253 g/mol. The molecule has 2 aromatic rings. The van der Waals surface area contributed by atoms with E-state index in [4.69, 9.17) is 22.1 Å². The molecule has 2 rings (SSSR count). The summed E-state index contributed by atoms with van der Waals surface area (Å²) in [6.45, 7) is 0.105. The number of ether oxygens (including phenoxy) is 1. The summed E-state index contributed by atoms with van der Waals surface area (Å²) in [5.41, 5.74) is 6.26. The van der Waals surface area contributed by atoms with E-state index < -0.39 is 0 Å². The number of nitrogen functional groups attached to an aromatic ring is 1. The van der Waals surface area contributed by atoms with E-state index in [9.17, 15) is 4.39 Å². The number of hydrogen-bond donors (Lipinski definition) is 1. The third-order valence-corrected chi connectivity index (χ3v) is 2.36. The molecule has 0 unspecified atom stereocenters. The van der Waals surface area contributed by atoms with Gasteiger partial charge in [-0.15, -0.1) is 0 Å². The summed E-state index contributed by atoms with van der Waals surface area (Å²) < 4.78 is 18.8. The van der Waals surface area contributed by atoms with Crippen LogP contribution in [-0.4, -0.2) is 4.98 Å². The number of rotatable bonds is 3. The molecular weight excluding hydrogens is 243 g/mol. The van der Waals surface area contributed by atoms with Gasteiger partial charge in [0.1, 0.15) is 18.2 Å². The Bertz CT molecular complexity index is 534. The summed E-state index contributed by atoms with van der Waals surface area (Å²) in [5.74, 6) is 0.105. The van der Waals surface area contributed by atoms with Crippen LogP contribution >= 0.6 is 11.6 Å². The van der Waals surface area contributed by atoms with Crippen LogP contribution in [-0.2, 0) is 6.61 Å². The number of anilines is 1. The van der Waals surface area contributed by atoms with Gasteiger partial charge in [0.25, 0.3) is 0 Å². The van der Waals surface area contributed by atoms with Crippen molar-refractivity contribution >= 4 is 17.3 Å². The maximum atomic E-state index is 13.4. The quantitative estimate of drug-likeness (QED) is 0.854. The Balaban J connectivity index is 2.07. The third kappa shape index (κ3) is 3.07. The number of aromatic nitrogens is 1. The summed E-state index contributed by atoms with van der Waals surface area (Å²) in [6, 6.07) is 6.08. The molecule has 0 aliphatic heterocycles. The van der Waals surface area contributed by atoms with Crippen LogP contribution in [0.4, 0.5) is 10.1 Å². The minimum Gasteiger partial charge on any atom is -0.487 e. The van der Waals surface area contributed by atoms with Crippen molar-refractivity contribution in [2.45, 2.75) is 6.61 Å². The van der Waals surface area contributed by atoms with Crippen LogP contribution in [0.5, 0.6) is 5.75 Å². The molecule has 3 nitrogen and oxygen atoms in total. The molecule has 0 aliphatic rings. The highest BCUT2D eigenvalue weighted by molar-refractivity contribution is 6.30. The lowest BCUT2D eigenvalue weighted by molar-refractivity contribution is 0.299. The monoisotopic (exact) mass is 252 g/mol. The number of halogens is 2. The number of nitrogens with two attached hydrogens (primary N) is 1. The molecule has 17 heavy (non-hydrogen) atoms. The second-order valence-electron chi connectivity index (χ2n) is 3.48. The largest absolute Gasteiger partial charge is 0.487 e. The maximum Gasteiger partial charge on any atom is 0.139 e. The lowest BCUT2D eigenvalue weighted by Gasteiger charge is -2.07. The molecule has 0 fully saturated rings. The lowest BCUT2D eigenvalue weighted by atomic mass is 10.2. The summed E-state index contributed by atoms with van der Waals surface area (Å²) in [7, 11) is 0. The van der Waals surface area contributed by atoms with Gasteiger partial charge in [0.15, 0.2) is 0 Å². The molecule has 0 spiro atoms. The van der Waals surface area contributed by atoms with Crippen LogP contribution < -0.4 is 10.5 Å². The van der Waals surface area contributed by atoms with Gasteiger partial charge in [0.05, 0.1) is 11.2 Å². The van der Waals surface area contributed by atoms with Gasteiger partial charge in [-0.3, -0.25) is 4.98 Å². The first-order valence-corrected chi connectivity index (χ1v) is 5.30. The lowest BCUT2D eigenvalue weighted by Crippen LogP contribution is -1.99. The van der Waals surface area contributed by atoms with Crippen molar-refractivity contribution in [3.8, 4) is 5.75 Å². The highest BCUT2D eigenvalue weighted by Gasteiger charge is 2.04. The first-order valence-electron chi connectivity index (χ1n) is 4.92. The third-order valence-electron chi connectivity index (χ3n) is 2.15. The van der Waals surface area contributed by atoms with Crippen LogP contribution in [0.2, 0.25) is 5.02 Å². The average Bonchev–Trinajstić information content (AvgIpc) is 2.28. The predicted molar refractivity (Wildman–Crippen MR) is 64.4 cm³/mol. The number of benzene rings is 1. The van der Waals surface area contributed by atoms with Gasteiger partial charge in [-0.2, -0.15) is 0 Å². The molecular formula is C12H10ClFN2O. The minimum absolute atomic E-state index is 0.105. The zero-order valence-corrected chi connectivity index (χ0v) is 9.62. The van der Waals surface area contributed by atoms with Gasteiger partial charge in [-0.1, -0.05) is 17.7 Å².